The van der Waals surface area contributed by atoms with E-state index < -0.39 is 17.8 Å². The predicted octanol–water partition coefficient (Wildman–Crippen LogP) is 3.02. The topological polar surface area (TPSA) is 125 Å². The molecule has 0 fully saturated rings. The van der Waals surface area contributed by atoms with Crippen LogP contribution >= 0.6 is 0 Å². The zero-order chi connectivity index (χ0) is 25.2. The van der Waals surface area contributed by atoms with Crippen LogP contribution in [0.1, 0.15) is 15.9 Å². The van der Waals surface area contributed by atoms with Crippen molar-refractivity contribution in [1.29, 1.82) is 0 Å². The fourth-order valence-electron chi connectivity index (χ4n) is 2.83. The van der Waals surface area contributed by atoms with Crippen LogP contribution in [0.25, 0.3) is 0 Å². The van der Waals surface area contributed by atoms with Crippen molar-refractivity contribution in [2.24, 2.45) is 5.10 Å². The van der Waals surface area contributed by atoms with Crippen LogP contribution in [0.5, 0.6) is 23.0 Å². The number of ether oxygens (including phenoxy) is 4. The van der Waals surface area contributed by atoms with Gasteiger partial charge in [0.25, 0.3) is 0 Å². The fourth-order valence-corrected chi connectivity index (χ4v) is 2.83. The zero-order valence-electron chi connectivity index (χ0n) is 19.2. The minimum absolute atomic E-state index is 0.295. The van der Waals surface area contributed by atoms with Crippen molar-refractivity contribution in [3.63, 3.8) is 0 Å². The van der Waals surface area contributed by atoms with Crippen LogP contribution < -0.4 is 29.7 Å². The first-order valence-electron chi connectivity index (χ1n) is 10.3. The van der Waals surface area contributed by atoms with Crippen molar-refractivity contribution in [2.45, 2.75) is 0 Å². The lowest BCUT2D eigenvalue weighted by Gasteiger charge is -2.09. The molecular formula is C25H23N3O7. The van der Waals surface area contributed by atoms with E-state index in [9.17, 15) is 14.4 Å². The first-order valence-corrected chi connectivity index (χ1v) is 10.3. The third kappa shape index (κ3) is 6.81. The van der Waals surface area contributed by atoms with Crippen LogP contribution in [-0.4, -0.2) is 45.3 Å². The number of carbonyl (C=O) groups is 3. The highest BCUT2D eigenvalue weighted by Gasteiger charge is 2.14. The molecule has 2 amide bonds. The molecule has 0 atom stereocenters. The highest BCUT2D eigenvalue weighted by atomic mass is 16.5. The molecule has 0 bridgehead atoms. The van der Waals surface area contributed by atoms with Crippen LogP contribution in [0.15, 0.2) is 71.8 Å². The van der Waals surface area contributed by atoms with Gasteiger partial charge in [-0.15, -0.1) is 0 Å². The van der Waals surface area contributed by atoms with E-state index in [4.69, 9.17) is 18.9 Å². The summed E-state index contributed by atoms with van der Waals surface area (Å²) in [7, 11) is 4.51. The lowest BCUT2D eigenvalue weighted by Crippen LogP contribution is -2.32. The minimum atomic E-state index is -0.933. The van der Waals surface area contributed by atoms with Gasteiger partial charge in [-0.05, 0) is 72.3 Å². The van der Waals surface area contributed by atoms with Crippen molar-refractivity contribution in [2.75, 3.05) is 26.6 Å². The van der Waals surface area contributed by atoms with Gasteiger partial charge in [-0.2, -0.15) is 5.10 Å². The van der Waals surface area contributed by atoms with Gasteiger partial charge < -0.3 is 24.3 Å². The Morgan fingerprint density at radius 2 is 1.40 bits per heavy atom. The summed E-state index contributed by atoms with van der Waals surface area (Å²) in [5.74, 6) is -0.528. The second-order valence-electron chi connectivity index (χ2n) is 6.91. The Kier molecular flexibility index (Phi) is 8.38. The molecule has 0 radical (unpaired) electrons. The highest BCUT2D eigenvalue weighted by molar-refractivity contribution is 6.39. The molecule has 3 aromatic carbocycles. The van der Waals surface area contributed by atoms with Gasteiger partial charge in [0.2, 0.25) is 0 Å². The molecule has 0 aliphatic heterocycles. The second-order valence-corrected chi connectivity index (χ2v) is 6.91. The van der Waals surface area contributed by atoms with Crippen LogP contribution in [0.2, 0.25) is 0 Å². The van der Waals surface area contributed by atoms with Gasteiger partial charge in [0.05, 0.1) is 33.1 Å². The Bertz CT molecular complexity index is 1220. The van der Waals surface area contributed by atoms with E-state index in [2.05, 4.69) is 15.8 Å². The fraction of sp³-hybridized carbons (Fsp3) is 0.120. The number of hydrazone groups is 1. The maximum Gasteiger partial charge on any atom is 0.343 e. The summed E-state index contributed by atoms with van der Waals surface area (Å²) in [6.45, 7) is 0. The number of rotatable bonds is 8. The molecule has 0 saturated heterocycles. The molecule has 3 rings (SSSR count). The molecule has 3 aromatic rings. The smallest absolute Gasteiger partial charge is 0.343 e. The third-order valence-corrected chi connectivity index (χ3v) is 4.64. The largest absolute Gasteiger partial charge is 0.497 e. The number of anilines is 1. The first kappa shape index (κ1) is 24.8. The molecule has 35 heavy (non-hydrogen) atoms. The number of hydrogen-bond acceptors (Lipinski definition) is 8. The Morgan fingerprint density at radius 3 is 2.03 bits per heavy atom. The molecule has 10 nitrogen and oxygen atoms in total. The monoisotopic (exact) mass is 477 g/mol. The molecule has 180 valence electrons. The summed E-state index contributed by atoms with van der Waals surface area (Å²) in [5.41, 5.74) is 3.49. The molecule has 0 aliphatic rings. The summed E-state index contributed by atoms with van der Waals surface area (Å²) in [5, 5.41) is 6.22. The van der Waals surface area contributed by atoms with Crippen molar-refractivity contribution in [3.05, 3.63) is 77.9 Å². The van der Waals surface area contributed by atoms with Gasteiger partial charge in [-0.1, -0.05) is 0 Å². The van der Waals surface area contributed by atoms with Gasteiger partial charge in [0.1, 0.15) is 11.5 Å². The maximum atomic E-state index is 12.4. The van der Waals surface area contributed by atoms with Crippen molar-refractivity contribution < 1.29 is 33.3 Å². The Labute approximate surface area is 201 Å². The van der Waals surface area contributed by atoms with E-state index in [-0.39, 0.29) is 0 Å². The number of esters is 1. The Hall–Kier alpha value is -4.86. The lowest BCUT2D eigenvalue weighted by atomic mass is 10.2. The molecule has 0 unspecified atom stereocenters. The highest BCUT2D eigenvalue weighted by Crippen LogP contribution is 2.28. The van der Waals surface area contributed by atoms with Gasteiger partial charge >= 0.3 is 17.8 Å². The van der Waals surface area contributed by atoms with Crippen molar-refractivity contribution in [3.8, 4) is 23.0 Å². The zero-order valence-corrected chi connectivity index (χ0v) is 19.2. The number of benzene rings is 3. The minimum Gasteiger partial charge on any atom is -0.497 e. The van der Waals surface area contributed by atoms with Gasteiger partial charge in [-0.25, -0.2) is 10.2 Å². The van der Waals surface area contributed by atoms with E-state index in [1.54, 1.807) is 60.7 Å². The van der Waals surface area contributed by atoms with E-state index in [1.807, 2.05) is 0 Å². The molecule has 0 aromatic heterocycles. The molecule has 0 saturated carbocycles. The number of carbonyl (C=O) groups excluding carboxylic acids is 3. The van der Waals surface area contributed by atoms with E-state index in [0.717, 1.165) is 0 Å². The predicted molar refractivity (Wildman–Crippen MR) is 128 cm³/mol. The van der Waals surface area contributed by atoms with Gasteiger partial charge in [-0.3, -0.25) is 9.59 Å². The SMILES string of the molecule is COc1ccc(NC(=O)C(=O)N/N=C/c2ccc(OC(=O)c3ccc(OC)c(OC)c3)cc2)cc1. The summed E-state index contributed by atoms with van der Waals surface area (Å²) in [6.07, 6.45) is 1.35. The standard InChI is InChI=1S/C25H23N3O7/c1-32-19-11-7-18(8-12-19)27-23(29)24(30)28-26-15-16-4-9-20(10-5-16)35-25(31)17-6-13-21(33-2)22(14-17)34-3/h4-15H,1-3H3,(H,27,29)(H,28,30)/b26-15+. The number of hydrogen-bond donors (Lipinski definition) is 2. The van der Waals surface area contributed by atoms with E-state index >= 15 is 0 Å². The summed E-state index contributed by atoms with van der Waals surface area (Å²) in [6, 6.07) is 17.6. The van der Waals surface area contributed by atoms with Crippen molar-refractivity contribution in [1.82, 2.24) is 5.43 Å². The average Bonchev–Trinajstić information content (AvgIpc) is 2.89. The summed E-state index contributed by atoms with van der Waals surface area (Å²) < 4.78 is 20.7. The number of amides is 2. The lowest BCUT2D eigenvalue weighted by molar-refractivity contribution is -0.136. The summed E-state index contributed by atoms with van der Waals surface area (Å²) in [4.78, 5) is 36.3. The molecule has 0 spiro atoms. The van der Waals surface area contributed by atoms with Gasteiger partial charge in [0, 0.05) is 5.69 Å². The molecule has 2 N–H and O–H groups in total. The average molecular weight is 477 g/mol. The molecular weight excluding hydrogens is 454 g/mol. The maximum absolute atomic E-state index is 12.4. The normalized spacial score (nSPS) is 10.4. The van der Waals surface area contributed by atoms with Crippen LogP contribution in [-0.2, 0) is 9.59 Å². The molecule has 0 heterocycles. The number of methoxy groups -OCH3 is 3. The number of nitrogens with zero attached hydrogens (tertiary/aromatic N) is 1. The Balaban J connectivity index is 1.52. The Morgan fingerprint density at radius 1 is 0.743 bits per heavy atom. The van der Waals surface area contributed by atoms with Crippen molar-refractivity contribution >= 4 is 29.7 Å². The molecule has 10 heteroatoms. The molecule has 0 aliphatic carbocycles. The first-order chi connectivity index (χ1) is 16.9. The third-order valence-electron chi connectivity index (χ3n) is 4.64. The van der Waals surface area contributed by atoms with Gasteiger partial charge in [0.15, 0.2) is 11.5 Å². The number of nitrogens with one attached hydrogen (secondary N) is 2. The summed E-state index contributed by atoms with van der Waals surface area (Å²) >= 11 is 0. The van der Waals surface area contributed by atoms with E-state index in [0.29, 0.717) is 39.8 Å². The van der Waals surface area contributed by atoms with Crippen LogP contribution in [0.4, 0.5) is 5.69 Å². The van der Waals surface area contributed by atoms with E-state index in [1.165, 1.54) is 33.6 Å². The van der Waals surface area contributed by atoms with Crippen LogP contribution in [0.3, 0.4) is 0 Å². The quantitative estimate of drug-likeness (QED) is 0.168. The second kappa shape index (κ2) is 11.8. The van der Waals surface area contributed by atoms with Crippen LogP contribution in [0, 0.1) is 0 Å².